The minimum absolute atomic E-state index is 0. The molecule has 0 aliphatic rings. The monoisotopic (exact) mass is 413 g/mol. The fraction of sp³-hybridized carbons (Fsp3) is 1.00. The number of unbranched alkanes of at least 4 members (excludes halogenated alkanes) is 9. The molecule has 1 atom stereocenters. The fourth-order valence-electron chi connectivity index (χ4n) is 2.64. The Bertz CT molecular complexity index is 195. The Labute approximate surface area is 147 Å². The van der Waals surface area contributed by atoms with Gasteiger partial charge in [-0.25, -0.2) is 0 Å². The summed E-state index contributed by atoms with van der Waals surface area (Å²) in [5.41, 5.74) is 0. The van der Waals surface area contributed by atoms with Crippen molar-refractivity contribution in [2.45, 2.75) is 89.4 Å². The van der Waals surface area contributed by atoms with Crippen molar-refractivity contribution in [1.82, 2.24) is 0 Å². The topological polar surface area (TPSA) is 0 Å². The van der Waals surface area contributed by atoms with E-state index in [0.29, 0.717) is 4.95 Å². The average Bonchev–Trinajstić information content (AvgIpc) is 2.39. The van der Waals surface area contributed by atoms with Gasteiger partial charge in [-0.15, -0.1) is 0 Å². The van der Waals surface area contributed by atoms with Crippen LogP contribution in [-0.2, 0) is 0 Å². The van der Waals surface area contributed by atoms with Crippen LogP contribution in [0.25, 0.3) is 0 Å². The lowest BCUT2D eigenvalue weighted by molar-refractivity contribution is -0.899. The van der Waals surface area contributed by atoms with E-state index in [1.807, 2.05) is 0 Å². The molecule has 0 amide bonds. The normalized spacial score (nSPS) is 13.1. The number of hydrogen-bond acceptors (Lipinski definition) is 0. The molecule has 3 heteroatoms. The summed E-state index contributed by atoms with van der Waals surface area (Å²) < 4.78 is 1.12. The summed E-state index contributed by atoms with van der Waals surface area (Å²) in [5.74, 6) is 0. The van der Waals surface area contributed by atoms with Crippen LogP contribution in [-0.4, -0.2) is 30.1 Å². The molecular weight excluding hydrogens is 378 g/mol. The molecular formula is C17H37Br2N. The van der Waals surface area contributed by atoms with E-state index >= 15 is 0 Å². The van der Waals surface area contributed by atoms with Crippen LogP contribution in [0.15, 0.2) is 0 Å². The lowest BCUT2D eigenvalue weighted by Gasteiger charge is -2.34. The molecule has 0 spiro atoms. The van der Waals surface area contributed by atoms with Crippen molar-refractivity contribution in [2.24, 2.45) is 0 Å². The second-order valence-electron chi connectivity index (χ2n) is 6.53. The van der Waals surface area contributed by atoms with E-state index in [1.165, 1.54) is 77.2 Å². The third-order valence-electron chi connectivity index (χ3n) is 4.18. The lowest BCUT2D eigenvalue weighted by Crippen LogP contribution is -3.00. The van der Waals surface area contributed by atoms with Crippen LogP contribution in [0.4, 0.5) is 0 Å². The molecule has 0 saturated heterocycles. The van der Waals surface area contributed by atoms with Crippen LogP contribution in [0.5, 0.6) is 0 Å². The van der Waals surface area contributed by atoms with Gasteiger partial charge in [0.2, 0.25) is 0 Å². The van der Waals surface area contributed by atoms with Crippen LogP contribution >= 0.6 is 15.9 Å². The first kappa shape index (κ1) is 23.2. The van der Waals surface area contributed by atoms with Gasteiger partial charge in [-0.1, -0.05) is 65.2 Å². The molecule has 0 bridgehead atoms. The molecule has 0 rings (SSSR count). The van der Waals surface area contributed by atoms with Crippen molar-refractivity contribution < 1.29 is 21.5 Å². The van der Waals surface area contributed by atoms with Crippen molar-refractivity contribution in [3.05, 3.63) is 0 Å². The maximum Gasteiger partial charge on any atom is 0.143 e. The van der Waals surface area contributed by atoms with Gasteiger partial charge in [0, 0.05) is 6.42 Å². The minimum atomic E-state index is 0. The highest BCUT2D eigenvalue weighted by molar-refractivity contribution is 9.09. The zero-order valence-electron chi connectivity index (χ0n) is 14.3. The van der Waals surface area contributed by atoms with Gasteiger partial charge in [0.1, 0.15) is 4.95 Å². The van der Waals surface area contributed by atoms with Crippen LogP contribution in [0.2, 0.25) is 0 Å². The second-order valence-corrected chi connectivity index (χ2v) is 7.58. The van der Waals surface area contributed by atoms with Crippen LogP contribution in [0.3, 0.4) is 0 Å². The Kier molecular flexibility index (Phi) is 17.2. The third-order valence-corrected chi connectivity index (χ3v) is 5.94. The highest BCUT2D eigenvalue weighted by atomic mass is 79.9. The molecule has 20 heavy (non-hydrogen) atoms. The summed E-state index contributed by atoms with van der Waals surface area (Å²) >= 11 is 3.79. The molecule has 0 aromatic heterocycles. The SMILES string of the molecule is CCCCCCCCCCCC[N+](C)(C)C(Br)CC.[Br-]. The first-order valence-corrected chi connectivity index (χ1v) is 9.43. The van der Waals surface area contributed by atoms with Crippen molar-refractivity contribution in [2.75, 3.05) is 20.6 Å². The highest BCUT2D eigenvalue weighted by Gasteiger charge is 2.22. The van der Waals surface area contributed by atoms with E-state index in [1.54, 1.807) is 0 Å². The zero-order chi connectivity index (χ0) is 14.6. The molecule has 124 valence electrons. The molecule has 1 unspecified atom stereocenters. The van der Waals surface area contributed by atoms with E-state index in [2.05, 4.69) is 43.9 Å². The number of halogens is 2. The maximum atomic E-state index is 3.79. The zero-order valence-corrected chi connectivity index (χ0v) is 17.4. The average molecular weight is 415 g/mol. The van der Waals surface area contributed by atoms with Gasteiger partial charge in [0.05, 0.1) is 20.6 Å². The Morgan fingerprint density at radius 1 is 0.750 bits per heavy atom. The van der Waals surface area contributed by atoms with Crippen molar-refractivity contribution >= 4 is 15.9 Å². The van der Waals surface area contributed by atoms with Gasteiger partial charge < -0.3 is 21.5 Å². The molecule has 1 nitrogen and oxygen atoms in total. The van der Waals surface area contributed by atoms with Gasteiger partial charge in [0.25, 0.3) is 0 Å². The molecule has 0 N–H and O–H groups in total. The first-order valence-electron chi connectivity index (χ1n) is 8.51. The Morgan fingerprint density at radius 3 is 1.55 bits per heavy atom. The number of rotatable bonds is 13. The largest absolute Gasteiger partial charge is 1.00 e. The summed E-state index contributed by atoms with van der Waals surface area (Å²) in [7, 11) is 4.69. The molecule has 0 fully saturated rings. The van der Waals surface area contributed by atoms with E-state index in [0.717, 1.165) is 4.48 Å². The summed E-state index contributed by atoms with van der Waals surface area (Å²) in [4.78, 5) is 0.617. The van der Waals surface area contributed by atoms with Crippen molar-refractivity contribution in [3.8, 4) is 0 Å². The smallest absolute Gasteiger partial charge is 0.143 e. The second kappa shape index (κ2) is 14.8. The van der Waals surface area contributed by atoms with Gasteiger partial charge in [0.15, 0.2) is 0 Å². The number of quaternary nitrogens is 1. The summed E-state index contributed by atoms with van der Waals surface area (Å²) in [6.45, 7) is 5.86. The van der Waals surface area contributed by atoms with E-state index < -0.39 is 0 Å². The fourth-order valence-corrected chi connectivity index (χ4v) is 2.85. The van der Waals surface area contributed by atoms with Crippen molar-refractivity contribution in [1.29, 1.82) is 0 Å². The number of hydrogen-bond donors (Lipinski definition) is 0. The predicted octanol–water partition coefficient (Wildman–Crippen LogP) is 3.12. The standard InChI is InChI=1S/C17H37BrN.BrH/c1-5-7-8-9-10-11-12-13-14-15-16-19(3,4)17(18)6-2;/h17H,5-16H2,1-4H3;1H/q+1;/p-1. The van der Waals surface area contributed by atoms with Gasteiger partial charge in [-0.05, 0) is 28.8 Å². The summed E-state index contributed by atoms with van der Waals surface area (Å²) in [6, 6.07) is 0. The summed E-state index contributed by atoms with van der Waals surface area (Å²) in [5, 5.41) is 0. The van der Waals surface area contributed by atoms with Gasteiger partial charge >= 0.3 is 0 Å². The van der Waals surface area contributed by atoms with Crippen LogP contribution in [0, 0.1) is 0 Å². The van der Waals surface area contributed by atoms with E-state index in [4.69, 9.17) is 0 Å². The Balaban J connectivity index is 0. The lowest BCUT2D eigenvalue weighted by atomic mass is 10.1. The molecule has 0 saturated carbocycles. The highest BCUT2D eigenvalue weighted by Crippen LogP contribution is 2.18. The first-order chi connectivity index (χ1) is 9.04. The van der Waals surface area contributed by atoms with Gasteiger partial charge in [-0.2, -0.15) is 0 Å². The molecule has 0 heterocycles. The minimum Gasteiger partial charge on any atom is -1.00 e. The molecule has 0 aromatic rings. The van der Waals surface area contributed by atoms with Gasteiger partial charge in [-0.3, -0.25) is 0 Å². The van der Waals surface area contributed by atoms with Crippen molar-refractivity contribution in [3.63, 3.8) is 0 Å². The molecule has 0 aromatic carbocycles. The maximum absolute atomic E-state index is 3.79. The molecule has 0 aliphatic heterocycles. The Morgan fingerprint density at radius 2 is 1.15 bits per heavy atom. The van der Waals surface area contributed by atoms with Crippen LogP contribution in [0.1, 0.15) is 84.5 Å². The van der Waals surface area contributed by atoms with E-state index in [-0.39, 0.29) is 17.0 Å². The van der Waals surface area contributed by atoms with E-state index in [9.17, 15) is 0 Å². The Hall–Kier alpha value is 0.920. The third kappa shape index (κ3) is 12.6. The quantitative estimate of drug-likeness (QED) is 0.188. The number of nitrogens with zero attached hydrogens (tertiary/aromatic N) is 1. The molecule has 0 aliphatic carbocycles. The number of alkyl halides is 1. The molecule has 0 radical (unpaired) electrons. The predicted molar refractivity (Wildman–Crippen MR) is 91.8 cm³/mol. The summed E-state index contributed by atoms with van der Waals surface area (Å²) in [6.07, 6.45) is 15.5. The van der Waals surface area contributed by atoms with Crippen LogP contribution < -0.4 is 17.0 Å².